The number of primary amides is 1. The number of aryl methyl sites for hydroxylation is 1. The Kier molecular flexibility index (Phi) is 4.87. The summed E-state index contributed by atoms with van der Waals surface area (Å²) in [7, 11) is 0. The highest BCUT2D eigenvalue weighted by molar-refractivity contribution is 5.98. The van der Waals surface area contributed by atoms with Gasteiger partial charge in [0.25, 0.3) is 5.91 Å². The van der Waals surface area contributed by atoms with E-state index in [-0.39, 0.29) is 0 Å². The second-order valence-corrected chi connectivity index (χ2v) is 5.02. The Labute approximate surface area is 124 Å². The third kappa shape index (κ3) is 3.78. The molecule has 0 spiro atoms. The van der Waals surface area contributed by atoms with E-state index in [1.165, 1.54) is 0 Å². The molecule has 0 aliphatic heterocycles. The van der Waals surface area contributed by atoms with Gasteiger partial charge in [-0.25, -0.2) is 4.98 Å². The van der Waals surface area contributed by atoms with Gasteiger partial charge in [0.2, 0.25) is 0 Å². The van der Waals surface area contributed by atoms with Gasteiger partial charge in [0.05, 0.1) is 5.56 Å². The summed E-state index contributed by atoms with van der Waals surface area (Å²) in [5, 5.41) is 3.16. The normalized spacial score (nSPS) is 10.4. The van der Waals surface area contributed by atoms with Crippen LogP contribution >= 0.6 is 0 Å². The molecule has 0 fully saturated rings. The predicted molar refractivity (Wildman–Crippen MR) is 84.1 cm³/mol. The van der Waals surface area contributed by atoms with Crippen LogP contribution in [0.2, 0.25) is 0 Å². The molecule has 0 aliphatic carbocycles. The fraction of sp³-hybridized carbons (Fsp3) is 0.312. The first kappa shape index (κ1) is 15.0. The molecule has 2 rings (SSSR count). The van der Waals surface area contributed by atoms with E-state index in [0.717, 1.165) is 36.1 Å². The SMILES string of the molecule is CCCCNc1ncc(-c2cncc(C)c2)cc1C(N)=O. The van der Waals surface area contributed by atoms with Crippen molar-refractivity contribution in [2.45, 2.75) is 26.7 Å². The van der Waals surface area contributed by atoms with Gasteiger partial charge in [-0.15, -0.1) is 0 Å². The second kappa shape index (κ2) is 6.83. The summed E-state index contributed by atoms with van der Waals surface area (Å²) < 4.78 is 0. The van der Waals surface area contributed by atoms with Crippen molar-refractivity contribution < 1.29 is 4.79 Å². The first-order valence-electron chi connectivity index (χ1n) is 7.07. The van der Waals surface area contributed by atoms with Crippen LogP contribution in [-0.2, 0) is 0 Å². The molecule has 2 heterocycles. The molecule has 5 heteroatoms. The number of anilines is 1. The van der Waals surface area contributed by atoms with E-state index in [0.29, 0.717) is 11.4 Å². The Morgan fingerprint density at radius 1 is 1.24 bits per heavy atom. The third-order valence-electron chi connectivity index (χ3n) is 3.18. The fourth-order valence-electron chi connectivity index (χ4n) is 2.05. The number of nitrogens with zero attached hydrogens (tertiary/aromatic N) is 2. The summed E-state index contributed by atoms with van der Waals surface area (Å²) in [6.07, 6.45) is 7.36. The molecule has 0 unspecified atom stereocenters. The van der Waals surface area contributed by atoms with E-state index < -0.39 is 5.91 Å². The molecule has 0 saturated carbocycles. The molecule has 0 atom stereocenters. The number of pyridine rings is 2. The van der Waals surface area contributed by atoms with Gasteiger partial charge in [0, 0.05) is 36.3 Å². The zero-order valence-electron chi connectivity index (χ0n) is 12.4. The number of aromatic nitrogens is 2. The third-order valence-corrected chi connectivity index (χ3v) is 3.18. The maximum Gasteiger partial charge on any atom is 0.252 e. The number of unbranched alkanes of at least 4 members (excludes halogenated alkanes) is 1. The van der Waals surface area contributed by atoms with Crippen LogP contribution in [0.25, 0.3) is 11.1 Å². The maximum absolute atomic E-state index is 11.6. The quantitative estimate of drug-likeness (QED) is 0.799. The van der Waals surface area contributed by atoms with Crippen molar-refractivity contribution in [1.82, 2.24) is 9.97 Å². The second-order valence-electron chi connectivity index (χ2n) is 5.02. The summed E-state index contributed by atoms with van der Waals surface area (Å²) in [5.41, 5.74) is 8.68. The van der Waals surface area contributed by atoms with Crippen molar-refractivity contribution in [3.63, 3.8) is 0 Å². The van der Waals surface area contributed by atoms with Crippen LogP contribution in [0.15, 0.2) is 30.7 Å². The van der Waals surface area contributed by atoms with Gasteiger partial charge < -0.3 is 11.1 Å². The standard InChI is InChI=1S/C16H20N4O/c1-3-4-5-19-16-14(15(17)21)7-13(10-20-16)12-6-11(2)8-18-9-12/h6-10H,3-5H2,1-2H3,(H2,17,21)(H,19,20). The van der Waals surface area contributed by atoms with Crippen LogP contribution in [0.1, 0.15) is 35.7 Å². The topological polar surface area (TPSA) is 80.9 Å². The van der Waals surface area contributed by atoms with Crippen LogP contribution in [0.3, 0.4) is 0 Å². The summed E-state index contributed by atoms with van der Waals surface area (Å²) in [6, 6.07) is 3.76. The van der Waals surface area contributed by atoms with Gasteiger partial charge in [-0.1, -0.05) is 13.3 Å². The van der Waals surface area contributed by atoms with Crippen molar-refractivity contribution in [3.05, 3.63) is 41.9 Å². The molecule has 2 aromatic heterocycles. The number of rotatable bonds is 6. The summed E-state index contributed by atoms with van der Waals surface area (Å²) >= 11 is 0. The Morgan fingerprint density at radius 3 is 2.67 bits per heavy atom. The van der Waals surface area contributed by atoms with E-state index in [9.17, 15) is 4.79 Å². The largest absolute Gasteiger partial charge is 0.369 e. The van der Waals surface area contributed by atoms with E-state index in [1.54, 1.807) is 24.7 Å². The molecule has 0 bridgehead atoms. The zero-order valence-corrected chi connectivity index (χ0v) is 12.4. The molecular formula is C16H20N4O. The summed E-state index contributed by atoms with van der Waals surface area (Å²) in [6.45, 7) is 4.85. The highest BCUT2D eigenvalue weighted by Crippen LogP contribution is 2.23. The highest BCUT2D eigenvalue weighted by Gasteiger charge is 2.11. The van der Waals surface area contributed by atoms with Crippen LogP contribution < -0.4 is 11.1 Å². The van der Waals surface area contributed by atoms with E-state index in [4.69, 9.17) is 5.73 Å². The van der Waals surface area contributed by atoms with Crippen molar-refractivity contribution in [2.75, 3.05) is 11.9 Å². The fourth-order valence-corrected chi connectivity index (χ4v) is 2.05. The Hall–Kier alpha value is -2.43. The number of amides is 1. The van der Waals surface area contributed by atoms with E-state index >= 15 is 0 Å². The minimum atomic E-state index is -0.482. The molecule has 3 N–H and O–H groups in total. The number of carbonyl (C=O) groups excluding carboxylic acids is 1. The molecule has 2 aromatic rings. The molecule has 0 aliphatic rings. The monoisotopic (exact) mass is 284 g/mol. The molecule has 110 valence electrons. The van der Waals surface area contributed by atoms with Crippen LogP contribution in [0, 0.1) is 6.92 Å². The van der Waals surface area contributed by atoms with E-state index in [2.05, 4.69) is 22.2 Å². The van der Waals surface area contributed by atoms with E-state index in [1.807, 2.05) is 13.0 Å². The van der Waals surface area contributed by atoms with Crippen molar-refractivity contribution in [3.8, 4) is 11.1 Å². The lowest BCUT2D eigenvalue weighted by molar-refractivity contribution is 0.100. The predicted octanol–water partition coefficient (Wildman–Crippen LogP) is 2.76. The minimum absolute atomic E-state index is 0.408. The van der Waals surface area contributed by atoms with Crippen molar-refractivity contribution in [1.29, 1.82) is 0 Å². The van der Waals surface area contributed by atoms with Crippen LogP contribution in [-0.4, -0.2) is 22.4 Å². The van der Waals surface area contributed by atoms with Crippen LogP contribution in [0.5, 0.6) is 0 Å². The van der Waals surface area contributed by atoms with Gasteiger partial charge >= 0.3 is 0 Å². The molecule has 0 saturated heterocycles. The molecule has 21 heavy (non-hydrogen) atoms. The summed E-state index contributed by atoms with van der Waals surface area (Å²) in [5.74, 6) is 0.0595. The molecule has 0 aromatic carbocycles. The first-order valence-corrected chi connectivity index (χ1v) is 7.07. The lowest BCUT2D eigenvalue weighted by atomic mass is 10.1. The van der Waals surface area contributed by atoms with Gasteiger partial charge in [0.1, 0.15) is 5.82 Å². The molecule has 0 radical (unpaired) electrons. The van der Waals surface area contributed by atoms with Gasteiger partial charge in [0.15, 0.2) is 0 Å². The molecule has 5 nitrogen and oxygen atoms in total. The lowest BCUT2D eigenvalue weighted by Gasteiger charge is -2.10. The van der Waals surface area contributed by atoms with Gasteiger partial charge in [-0.05, 0) is 31.0 Å². The maximum atomic E-state index is 11.6. The highest BCUT2D eigenvalue weighted by atomic mass is 16.1. The van der Waals surface area contributed by atoms with Crippen molar-refractivity contribution >= 4 is 11.7 Å². The number of nitrogens with one attached hydrogen (secondary N) is 1. The number of carbonyl (C=O) groups is 1. The number of hydrogen-bond acceptors (Lipinski definition) is 4. The Balaban J connectivity index is 2.33. The molecular weight excluding hydrogens is 264 g/mol. The lowest BCUT2D eigenvalue weighted by Crippen LogP contribution is -2.16. The zero-order chi connectivity index (χ0) is 15.2. The number of hydrogen-bond donors (Lipinski definition) is 2. The first-order chi connectivity index (χ1) is 10.1. The Bertz CT molecular complexity index is 640. The smallest absolute Gasteiger partial charge is 0.252 e. The number of nitrogens with two attached hydrogens (primary N) is 1. The average molecular weight is 284 g/mol. The summed E-state index contributed by atoms with van der Waals surface area (Å²) in [4.78, 5) is 20.1. The average Bonchev–Trinajstić information content (AvgIpc) is 2.47. The Morgan fingerprint density at radius 2 is 2.00 bits per heavy atom. The van der Waals surface area contributed by atoms with Crippen molar-refractivity contribution in [2.24, 2.45) is 5.73 Å². The van der Waals surface area contributed by atoms with Gasteiger partial charge in [-0.3, -0.25) is 9.78 Å². The minimum Gasteiger partial charge on any atom is -0.369 e. The van der Waals surface area contributed by atoms with Gasteiger partial charge in [-0.2, -0.15) is 0 Å². The molecule has 1 amide bonds. The van der Waals surface area contributed by atoms with Crippen LogP contribution in [0.4, 0.5) is 5.82 Å².